The van der Waals surface area contributed by atoms with Gasteiger partial charge in [-0.25, -0.2) is 4.68 Å². The first kappa shape index (κ1) is 12.0. The van der Waals surface area contributed by atoms with E-state index in [-0.39, 0.29) is 0 Å². The van der Waals surface area contributed by atoms with E-state index in [1.54, 1.807) is 10.9 Å². The van der Waals surface area contributed by atoms with Gasteiger partial charge in [-0.1, -0.05) is 33.6 Å². The van der Waals surface area contributed by atoms with E-state index in [9.17, 15) is 0 Å². The smallest absolute Gasteiger partial charge is 0.136 e. The lowest BCUT2D eigenvalue weighted by molar-refractivity contribution is 0.697. The fourth-order valence-corrected chi connectivity index (χ4v) is 2.34. The van der Waals surface area contributed by atoms with Crippen LogP contribution in [0.4, 0.5) is 5.82 Å². The number of aromatic nitrogens is 2. The summed E-state index contributed by atoms with van der Waals surface area (Å²) in [4.78, 5) is 0. The van der Waals surface area contributed by atoms with Crippen molar-refractivity contribution < 1.29 is 0 Å². The Hall–Kier alpha value is -0.520. The van der Waals surface area contributed by atoms with Crippen molar-refractivity contribution in [3.63, 3.8) is 0 Å². The lowest BCUT2D eigenvalue weighted by Gasteiger charge is -2.06. The van der Waals surface area contributed by atoms with Gasteiger partial charge in [0.1, 0.15) is 5.82 Å². The normalized spacial score (nSPS) is 10.7. The van der Waals surface area contributed by atoms with Gasteiger partial charge in [0.2, 0.25) is 0 Å². The number of halogens is 3. The number of nitrogen functional groups attached to an aromatic ring is 1. The van der Waals surface area contributed by atoms with E-state index >= 15 is 0 Å². The average Bonchev–Trinajstić information content (AvgIpc) is 2.54. The van der Waals surface area contributed by atoms with Crippen LogP contribution < -0.4 is 5.73 Å². The highest BCUT2D eigenvalue weighted by Crippen LogP contribution is 2.24. The Morgan fingerprint density at radius 3 is 2.69 bits per heavy atom. The summed E-state index contributed by atoms with van der Waals surface area (Å²) in [7, 11) is 0. The molecule has 0 amide bonds. The van der Waals surface area contributed by atoms with Gasteiger partial charge in [0.05, 0.1) is 17.2 Å². The number of anilines is 1. The van der Waals surface area contributed by atoms with E-state index in [0.717, 1.165) is 14.5 Å². The predicted molar refractivity (Wildman–Crippen MR) is 72.6 cm³/mol. The number of hydrogen-bond acceptors (Lipinski definition) is 2. The summed E-state index contributed by atoms with van der Waals surface area (Å²) in [5.74, 6) is 0.596. The first-order valence-corrected chi connectivity index (χ1v) is 6.45. The predicted octanol–water partition coefficient (Wildman–Crippen LogP) is 3.69. The third kappa shape index (κ3) is 2.42. The van der Waals surface area contributed by atoms with Crippen molar-refractivity contribution in [1.82, 2.24) is 9.78 Å². The molecule has 16 heavy (non-hydrogen) atoms. The molecule has 2 N–H and O–H groups in total. The summed E-state index contributed by atoms with van der Waals surface area (Å²) in [5.41, 5.74) is 6.81. The van der Waals surface area contributed by atoms with Crippen LogP contribution >= 0.6 is 43.5 Å². The van der Waals surface area contributed by atoms with Gasteiger partial charge in [0.25, 0.3) is 0 Å². The molecule has 2 rings (SSSR count). The molecule has 0 spiro atoms. The molecule has 0 radical (unpaired) electrons. The molecule has 6 heteroatoms. The molecular weight excluding hydrogens is 357 g/mol. The number of hydrogen-bond donors (Lipinski definition) is 1. The molecular formula is C10H8Br2ClN3. The molecule has 3 nitrogen and oxygen atoms in total. The van der Waals surface area contributed by atoms with Gasteiger partial charge in [-0.3, -0.25) is 0 Å². The highest BCUT2D eigenvalue weighted by Gasteiger charge is 2.07. The van der Waals surface area contributed by atoms with Crippen molar-refractivity contribution >= 4 is 49.3 Å². The Balaban J connectivity index is 2.30. The largest absolute Gasteiger partial charge is 0.383 e. The monoisotopic (exact) mass is 363 g/mol. The van der Waals surface area contributed by atoms with Crippen LogP contribution in [-0.2, 0) is 6.54 Å². The second kappa shape index (κ2) is 4.77. The number of nitrogens with two attached hydrogens (primary N) is 1. The first-order chi connectivity index (χ1) is 7.58. The first-order valence-electron chi connectivity index (χ1n) is 4.48. The van der Waals surface area contributed by atoms with Crippen molar-refractivity contribution in [2.45, 2.75) is 6.54 Å². The van der Waals surface area contributed by atoms with E-state index in [1.807, 2.05) is 18.2 Å². The van der Waals surface area contributed by atoms with Crippen molar-refractivity contribution in [1.29, 1.82) is 0 Å². The highest BCUT2D eigenvalue weighted by atomic mass is 79.9. The summed E-state index contributed by atoms with van der Waals surface area (Å²) in [6.07, 6.45) is 1.67. The van der Waals surface area contributed by atoms with E-state index in [2.05, 4.69) is 37.0 Å². The summed E-state index contributed by atoms with van der Waals surface area (Å²) >= 11 is 12.8. The standard InChI is InChI=1S/C10H8Br2ClN3/c11-7-2-1-6(9(13)3-7)5-16-10(14)8(12)4-15-16/h1-4H,5,14H2. The maximum Gasteiger partial charge on any atom is 0.136 e. The SMILES string of the molecule is Nc1c(Br)cnn1Cc1ccc(Br)cc1Cl. The molecule has 0 aliphatic carbocycles. The lowest BCUT2D eigenvalue weighted by atomic mass is 10.2. The van der Waals surface area contributed by atoms with Crippen LogP contribution in [0.2, 0.25) is 5.02 Å². The molecule has 0 atom stereocenters. The molecule has 0 unspecified atom stereocenters. The van der Waals surface area contributed by atoms with Gasteiger partial charge in [-0.05, 0) is 33.6 Å². The molecule has 0 aliphatic heterocycles. The third-order valence-electron chi connectivity index (χ3n) is 2.17. The Bertz CT molecular complexity index is 525. The van der Waals surface area contributed by atoms with E-state index in [4.69, 9.17) is 17.3 Å². The molecule has 1 aromatic carbocycles. The average molecular weight is 365 g/mol. The van der Waals surface area contributed by atoms with Crippen molar-refractivity contribution in [3.8, 4) is 0 Å². The van der Waals surface area contributed by atoms with Crippen LogP contribution in [0.25, 0.3) is 0 Å². The van der Waals surface area contributed by atoms with Gasteiger partial charge in [0, 0.05) is 9.50 Å². The Kier molecular flexibility index (Phi) is 3.56. The van der Waals surface area contributed by atoms with Gasteiger partial charge in [-0.2, -0.15) is 5.10 Å². The number of benzene rings is 1. The van der Waals surface area contributed by atoms with Gasteiger partial charge in [0.15, 0.2) is 0 Å². The van der Waals surface area contributed by atoms with E-state index in [1.165, 1.54) is 0 Å². The van der Waals surface area contributed by atoms with Crippen molar-refractivity contribution in [2.24, 2.45) is 0 Å². The van der Waals surface area contributed by atoms with E-state index in [0.29, 0.717) is 17.4 Å². The quantitative estimate of drug-likeness (QED) is 0.882. The summed E-state index contributed by atoms with van der Waals surface area (Å²) in [6.45, 7) is 0.559. The van der Waals surface area contributed by atoms with Gasteiger partial charge < -0.3 is 5.73 Å². The zero-order valence-electron chi connectivity index (χ0n) is 8.12. The Morgan fingerprint density at radius 1 is 1.38 bits per heavy atom. The van der Waals surface area contributed by atoms with Crippen LogP contribution in [0.1, 0.15) is 5.56 Å². The van der Waals surface area contributed by atoms with E-state index < -0.39 is 0 Å². The molecule has 84 valence electrons. The molecule has 0 saturated carbocycles. The minimum Gasteiger partial charge on any atom is -0.383 e. The Labute approximate surface area is 115 Å². The zero-order chi connectivity index (χ0) is 11.7. The summed E-state index contributed by atoms with van der Waals surface area (Å²) < 4.78 is 3.44. The minimum atomic E-state index is 0.559. The minimum absolute atomic E-state index is 0.559. The fourth-order valence-electron chi connectivity index (χ4n) is 1.31. The lowest BCUT2D eigenvalue weighted by Crippen LogP contribution is -2.06. The van der Waals surface area contributed by atoms with Crippen LogP contribution in [0.5, 0.6) is 0 Å². The van der Waals surface area contributed by atoms with Crippen LogP contribution in [0, 0.1) is 0 Å². The third-order valence-corrected chi connectivity index (χ3v) is 3.62. The second-order valence-electron chi connectivity index (χ2n) is 3.27. The van der Waals surface area contributed by atoms with Crippen molar-refractivity contribution in [3.05, 3.63) is 43.9 Å². The summed E-state index contributed by atoms with van der Waals surface area (Å²) in [6, 6.07) is 5.74. The maximum absolute atomic E-state index is 6.11. The Morgan fingerprint density at radius 2 is 2.12 bits per heavy atom. The fraction of sp³-hybridized carbons (Fsp3) is 0.100. The maximum atomic E-state index is 6.11. The summed E-state index contributed by atoms with van der Waals surface area (Å²) in [5, 5.41) is 4.84. The number of rotatable bonds is 2. The zero-order valence-corrected chi connectivity index (χ0v) is 12.1. The van der Waals surface area contributed by atoms with Gasteiger partial charge in [-0.15, -0.1) is 0 Å². The molecule has 1 aromatic heterocycles. The van der Waals surface area contributed by atoms with Crippen LogP contribution in [0.3, 0.4) is 0 Å². The van der Waals surface area contributed by atoms with Crippen molar-refractivity contribution in [2.75, 3.05) is 5.73 Å². The molecule has 0 bridgehead atoms. The molecule has 2 aromatic rings. The number of nitrogens with zero attached hydrogens (tertiary/aromatic N) is 2. The molecule has 0 fully saturated rings. The topological polar surface area (TPSA) is 43.8 Å². The molecule has 0 saturated heterocycles. The second-order valence-corrected chi connectivity index (χ2v) is 5.45. The molecule has 0 aliphatic rings. The van der Waals surface area contributed by atoms with Crippen LogP contribution in [-0.4, -0.2) is 9.78 Å². The highest BCUT2D eigenvalue weighted by molar-refractivity contribution is 9.10. The molecule has 1 heterocycles. The van der Waals surface area contributed by atoms with Gasteiger partial charge >= 0.3 is 0 Å². The van der Waals surface area contributed by atoms with Crippen LogP contribution in [0.15, 0.2) is 33.3 Å².